The van der Waals surface area contributed by atoms with Gasteiger partial charge in [-0.1, -0.05) is 30.3 Å². The highest BCUT2D eigenvalue weighted by molar-refractivity contribution is 7.98. The topological polar surface area (TPSA) is 49.4 Å². The normalized spacial score (nSPS) is 10.1. The summed E-state index contributed by atoms with van der Waals surface area (Å²) >= 11 is 1.75. The second-order valence-electron chi connectivity index (χ2n) is 5.02. The van der Waals surface area contributed by atoms with E-state index in [0.717, 1.165) is 16.3 Å². The van der Waals surface area contributed by atoms with Crippen LogP contribution in [-0.2, 0) is 15.3 Å². The summed E-state index contributed by atoms with van der Waals surface area (Å²) < 4.78 is 0. The maximum absolute atomic E-state index is 11.8. The van der Waals surface area contributed by atoms with Crippen LogP contribution in [0.5, 0.6) is 0 Å². The molecule has 0 aliphatic rings. The van der Waals surface area contributed by atoms with Crippen molar-refractivity contribution in [2.75, 3.05) is 18.4 Å². The summed E-state index contributed by atoms with van der Waals surface area (Å²) in [5, 5.41) is 2.79. The van der Waals surface area contributed by atoms with Crippen molar-refractivity contribution in [3.63, 3.8) is 0 Å². The number of hydrogen-bond donors (Lipinski definition) is 1. The van der Waals surface area contributed by atoms with Gasteiger partial charge in [-0.25, -0.2) is 0 Å². The van der Waals surface area contributed by atoms with E-state index in [2.05, 4.69) is 17.4 Å². The Balaban J connectivity index is 1.84. The molecule has 2 aromatic carbocycles. The summed E-state index contributed by atoms with van der Waals surface area (Å²) in [6, 6.07) is 18.0. The first-order chi connectivity index (χ1) is 11.2. The summed E-state index contributed by atoms with van der Waals surface area (Å²) in [6.07, 6.45) is 0.683. The lowest BCUT2D eigenvalue weighted by Crippen LogP contribution is -2.32. The highest BCUT2D eigenvalue weighted by atomic mass is 32.2. The van der Waals surface area contributed by atoms with E-state index in [-0.39, 0.29) is 12.5 Å². The number of rotatable bonds is 8. The summed E-state index contributed by atoms with van der Waals surface area (Å²) in [5.74, 6) is 0.723. The van der Waals surface area contributed by atoms with Crippen molar-refractivity contribution in [3.05, 3.63) is 60.2 Å². The second-order valence-corrected chi connectivity index (χ2v) is 6.06. The third-order valence-electron chi connectivity index (χ3n) is 3.29. The van der Waals surface area contributed by atoms with E-state index in [1.165, 1.54) is 10.5 Å². The third kappa shape index (κ3) is 5.79. The number of thioether (sulfide) groups is 1. The fourth-order valence-electron chi connectivity index (χ4n) is 1.98. The third-order valence-corrected chi connectivity index (χ3v) is 4.37. The molecule has 0 bridgehead atoms. The van der Waals surface area contributed by atoms with Crippen LogP contribution >= 0.6 is 11.8 Å². The van der Waals surface area contributed by atoms with Gasteiger partial charge in [-0.3, -0.25) is 9.59 Å². The lowest BCUT2D eigenvalue weighted by atomic mass is 10.2. The van der Waals surface area contributed by atoms with Crippen molar-refractivity contribution in [1.29, 1.82) is 0 Å². The van der Waals surface area contributed by atoms with Crippen LogP contribution in [0.2, 0.25) is 0 Å². The van der Waals surface area contributed by atoms with Crippen molar-refractivity contribution in [2.45, 2.75) is 17.6 Å². The maximum atomic E-state index is 11.8. The Labute approximate surface area is 140 Å². The van der Waals surface area contributed by atoms with Gasteiger partial charge < -0.3 is 10.2 Å². The average Bonchev–Trinajstić information content (AvgIpc) is 2.60. The minimum atomic E-state index is -0.191. The van der Waals surface area contributed by atoms with Crippen molar-refractivity contribution >= 4 is 29.8 Å². The van der Waals surface area contributed by atoms with Gasteiger partial charge in [0.05, 0.1) is 6.54 Å². The molecule has 1 N–H and O–H groups in total. The molecule has 0 aliphatic carbocycles. The van der Waals surface area contributed by atoms with Gasteiger partial charge >= 0.3 is 0 Å². The zero-order valence-corrected chi connectivity index (χ0v) is 13.9. The molecule has 120 valence electrons. The van der Waals surface area contributed by atoms with Crippen LogP contribution in [0, 0.1) is 0 Å². The number of amides is 2. The van der Waals surface area contributed by atoms with E-state index in [9.17, 15) is 9.59 Å². The molecule has 0 saturated heterocycles. The van der Waals surface area contributed by atoms with Gasteiger partial charge in [0, 0.05) is 22.9 Å². The van der Waals surface area contributed by atoms with Crippen LogP contribution in [0.4, 0.5) is 5.69 Å². The molecule has 23 heavy (non-hydrogen) atoms. The predicted molar refractivity (Wildman–Crippen MR) is 94.4 cm³/mol. The minimum Gasteiger partial charge on any atom is -0.336 e. The smallest absolute Gasteiger partial charge is 0.243 e. The Morgan fingerprint density at radius 1 is 1.13 bits per heavy atom. The first-order valence-electron chi connectivity index (χ1n) is 7.47. The van der Waals surface area contributed by atoms with Gasteiger partial charge in [0.25, 0.3) is 0 Å². The van der Waals surface area contributed by atoms with Gasteiger partial charge in [-0.2, -0.15) is 0 Å². The number of nitrogens with zero attached hydrogens (tertiary/aromatic N) is 1. The quantitative estimate of drug-likeness (QED) is 0.597. The standard InChI is InChI=1S/C18H20N2O2S/c1-2-20(14-21)12-18(22)19-16-8-10-17(11-9-16)23-13-15-6-4-3-5-7-15/h3-11,14H,2,12-13H2,1H3,(H,19,22). The first-order valence-corrected chi connectivity index (χ1v) is 8.46. The SMILES string of the molecule is CCN(C=O)CC(=O)Nc1ccc(SCc2ccccc2)cc1. The van der Waals surface area contributed by atoms with Crippen LogP contribution in [0.3, 0.4) is 0 Å². The van der Waals surface area contributed by atoms with Crippen molar-refractivity contribution in [2.24, 2.45) is 0 Å². The molecule has 0 unspecified atom stereocenters. The van der Waals surface area contributed by atoms with Crippen molar-refractivity contribution in [3.8, 4) is 0 Å². The molecular formula is C18H20N2O2S. The molecule has 2 rings (SSSR count). The molecule has 5 heteroatoms. The van der Waals surface area contributed by atoms with Gasteiger partial charge in [0.15, 0.2) is 0 Å². The molecule has 0 aliphatic heterocycles. The Morgan fingerprint density at radius 3 is 2.43 bits per heavy atom. The number of benzene rings is 2. The summed E-state index contributed by atoms with van der Waals surface area (Å²) in [7, 11) is 0. The molecule has 0 aromatic heterocycles. The lowest BCUT2D eigenvalue weighted by Gasteiger charge is -2.14. The zero-order valence-electron chi connectivity index (χ0n) is 13.1. The number of carbonyl (C=O) groups excluding carboxylic acids is 2. The molecule has 2 aromatic rings. The molecule has 4 nitrogen and oxygen atoms in total. The molecule has 0 spiro atoms. The van der Waals surface area contributed by atoms with Gasteiger partial charge in [-0.15, -0.1) is 11.8 Å². The lowest BCUT2D eigenvalue weighted by molar-refractivity contribution is -0.124. The van der Waals surface area contributed by atoms with Crippen LogP contribution in [0.25, 0.3) is 0 Å². The highest BCUT2D eigenvalue weighted by Gasteiger charge is 2.07. The monoisotopic (exact) mass is 328 g/mol. The zero-order chi connectivity index (χ0) is 16.5. The van der Waals surface area contributed by atoms with E-state index in [0.29, 0.717) is 13.0 Å². The van der Waals surface area contributed by atoms with Gasteiger partial charge in [0.1, 0.15) is 0 Å². The van der Waals surface area contributed by atoms with E-state index in [4.69, 9.17) is 0 Å². The number of anilines is 1. The van der Waals surface area contributed by atoms with E-state index in [1.54, 1.807) is 11.8 Å². The minimum absolute atomic E-state index is 0.0739. The number of nitrogens with one attached hydrogen (secondary N) is 1. The van der Waals surface area contributed by atoms with Crippen molar-refractivity contribution in [1.82, 2.24) is 4.90 Å². The fourth-order valence-corrected chi connectivity index (χ4v) is 2.84. The van der Waals surface area contributed by atoms with E-state index >= 15 is 0 Å². The van der Waals surface area contributed by atoms with Crippen molar-refractivity contribution < 1.29 is 9.59 Å². The Morgan fingerprint density at radius 2 is 1.83 bits per heavy atom. The fraction of sp³-hybridized carbons (Fsp3) is 0.222. The molecule has 2 amide bonds. The van der Waals surface area contributed by atoms with Crippen LogP contribution < -0.4 is 5.32 Å². The molecular weight excluding hydrogens is 308 g/mol. The van der Waals surface area contributed by atoms with Crippen LogP contribution in [0.1, 0.15) is 12.5 Å². The summed E-state index contributed by atoms with van der Waals surface area (Å²) in [5.41, 5.74) is 2.02. The van der Waals surface area contributed by atoms with Crippen LogP contribution in [-0.4, -0.2) is 30.3 Å². The van der Waals surface area contributed by atoms with Crippen LogP contribution in [0.15, 0.2) is 59.5 Å². The van der Waals surface area contributed by atoms with E-state index in [1.807, 2.05) is 49.4 Å². The molecule has 0 saturated carbocycles. The average molecular weight is 328 g/mol. The van der Waals surface area contributed by atoms with E-state index < -0.39 is 0 Å². The van der Waals surface area contributed by atoms with Gasteiger partial charge in [0.2, 0.25) is 12.3 Å². The number of likely N-dealkylation sites (N-methyl/N-ethyl adjacent to an activating group) is 1. The Hall–Kier alpha value is -2.27. The predicted octanol–water partition coefficient (Wildman–Crippen LogP) is 3.40. The maximum Gasteiger partial charge on any atom is 0.243 e. The van der Waals surface area contributed by atoms with Gasteiger partial charge in [-0.05, 0) is 36.8 Å². The highest BCUT2D eigenvalue weighted by Crippen LogP contribution is 2.24. The summed E-state index contributed by atoms with van der Waals surface area (Å²) in [6.45, 7) is 2.43. The molecule has 0 heterocycles. The Kier molecular flexibility index (Phi) is 6.69. The first kappa shape index (κ1) is 17.1. The summed E-state index contributed by atoms with van der Waals surface area (Å²) in [4.78, 5) is 25.1. The number of carbonyl (C=O) groups is 2. The number of hydrogen-bond acceptors (Lipinski definition) is 3. The second kappa shape index (κ2) is 9.00. The molecule has 0 fully saturated rings. The largest absolute Gasteiger partial charge is 0.336 e. The molecule has 0 radical (unpaired) electrons. The molecule has 0 atom stereocenters. The Bertz CT molecular complexity index is 629.